The SMILES string of the molecule is CCc1cnc(CNC(=NC)NCC2CN(C)CCN2C)s1.I. The maximum absolute atomic E-state index is 4.42. The molecule has 1 unspecified atom stereocenters. The molecule has 0 aromatic carbocycles. The predicted octanol–water partition coefficient (Wildman–Crippen LogP) is 1.23. The van der Waals surface area contributed by atoms with E-state index in [0.717, 1.165) is 50.1 Å². The Kier molecular flexibility index (Phi) is 9.33. The first-order valence-electron chi connectivity index (χ1n) is 7.89. The van der Waals surface area contributed by atoms with Crippen molar-refractivity contribution in [2.75, 3.05) is 47.3 Å². The molecule has 2 rings (SSSR count). The lowest BCUT2D eigenvalue weighted by atomic mass is 10.2. The molecular formula is C15H29IN6S. The molecule has 1 aromatic rings. The Morgan fingerprint density at radius 1 is 1.39 bits per heavy atom. The molecule has 132 valence electrons. The second-order valence-electron chi connectivity index (χ2n) is 5.78. The number of nitrogens with zero attached hydrogens (tertiary/aromatic N) is 4. The molecule has 0 aliphatic carbocycles. The van der Waals surface area contributed by atoms with Crippen LogP contribution < -0.4 is 10.6 Å². The number of halogens is 1. The maximum Gasteiger partial charge on any atom is 0.191 e. The Morgan fingerprint density at radius 3 is 2.83 bits per heavy atom. The molecule has 1 aliphatic heterocycles. The van der Waals surface area contributed by atoms with Crippen molar-refractivity contribution in [3.63, 3.8) is 0 Å². The minimum absolute atomic E-state index is 0. The number of thiazole rings is 1. The lowest BCUT2D eigenvalue weighted by Crippen LogP contribution is -2.55. The monoisotopic (exact) mass is 452 g/mol. The van der Waals surface area contributed by atoms with Crippen molar-refractivity contribution in [3.05, 3.63) is 16.1 Å². The highest BCUT2D eigenvalue weighted by Gasteiger charge is 2.21. The molecule has 1 aliphatic rings. The van der Waals surface area contributed by atoms with Gasteiger partial charge in [0, 0.05) is 50.3 Å². The van der Waals surface area contributed by atoms with Gasteiger partial charge in [-0.1, -0.05) is 6.92 Å². The Labute approximate surface area is 160 Å². The molecule has 0 radical (unpaired) electrons. The van der Waals surface area contributed by atoms with Crippen LogP contribution in [0.2, 0.25) is 0 Å². The van der Waals surface area contributed by atoms with E-state index in [-0.39, 0.29) is 24.0 Å². The topological polar surface area (TPSA) is 55.8 Å². The molecule has 0 saturated carbocycles. The zero-order valence-corrected chi connectivity index (χ0v) is 17.6. The maximum atomic E-state index is 4.42. The Balaban J connectivity index is 0.00000264. The number of hydrogen-bond donors (Lipinski definition) is 2. The van der Waals surface area contributed by atoms with Crippen molar-refractivity contribution in [1.29, 1.82) is 0 Å². The molecule has 1 fully saturated rings. The summed E-state index contributed by atoms with van der Waals surface area (Å²) in [6.45, 7) is 7.14. The minimum Gasteiger partial charge on any atom is -0.355 e. The van der Waals surface area contributed by atoms with Crippen LogP contribution in [-0.4, -0.2) is 74.1 Å². The van der Waals surface area contributed by atoms with Crippen LogP contribution in [0.1, 0.15) is 16.8 Å². The number of rotatable bonds is 5. The van der Waals surface area contributed by atoms with Crippen LogP contribution in [0.4, 0.5) is 0 Å². The average Bonchev–Trinajstić information content (AvgIpc) is 2.98. The van der Waals surface area contributed by atoms with Gasteiger partial charge < -0.3 is 15.5 Å². The van der Waals surface area contributed by atoms with Crippen molar-refractivity contribution in [2.24, 2.45) is 4.99 Å². The van der Waals surface area contributed by atoms with Crippen molar-refractivity contribution in [1.82, 2.24) is 25.4 Å². The van der Waals surface area contributed by atoms with Gasteiger partial charge in [-0.15, -0.1) is 35.3 Å². The molecule has 2 heterocycles. The van der Waals surface area contributed by atoms with Crippen LogP contribution in [0.5, 0.6) is 0 Å². The van der Waals surface area contributed by atoms with Gasteiger partial charge in [-0.2, -0.15) is 0 Å². The molecule has 1 saturated heterocycles. The first-order chi connectivity index (χ1) is 10.6. The van der Waals surface area contributed by atoms with E-state index in [1.165, 1.54) is 4.88 Å². The summed E-state index contributed by atoms with van der Waals surface area (Å²) in [6.07, 6.45) is 3.01. The average molecular weight is 452 g/mol. The van der Waals surface area contributed by atoms with Gasteiger partial charge in [0.15, 0.2) is 5.96 Å². The fourth-order valence-electron chi connectivity index (χ4n) is 2.51. The molecule has 23 heavy (non-hydrogen) atoms. The summed E-state index contributed by atoms with van der Waals surface area (Å²) in [5.41, 5.74) is 0. The highest BCUT2D eigenvalue weighted by Crippen LogP contribution is 2.12. The third kappa shape index (κ3) is 6.52. The lowest BCUT2D eigenvalue weighted by Gasteiger charge is -2.37. The van der Waals surface area contributed by atoms with E-state index in [2.05, 4.69) is 51.4 Å². The summed E-state index contributed by atoms with van der Waals surface area (Å²) >= 11 is 1.76. The summed E-state index contributed by atoms with van der Waals surface area (Å²) in [7, 11) is 6.18. The molecule has 0 spiro atoms. The van der Waals surface area contributed by atoms with E-state index < -0.39 is 0 Å². The third-order valence-corrected chi connectivity index (χ3v) is 5.21. The Bertz CT molecular complexity index is 492. The van der Waals surface area contributed by atoms with Gasteiger partial charge in [0.05, 0.1) is 6.54 Å². The van der Waals surface area contributed by atoms with Gasteiger partial charge in [0.1, 0.15) is 5.01 Å². The van der Waals surface area contributed by atoms with E-state index in [9.17, 15) is 0 Å². The summed E-state index contributed by atoms with van der Waals surface area (Å²) in [5, 5.41) is 7.88. The van der Waals surface area contributed by atoms with Gasteiger partial charge in [-0.3, -0.25) is 9.89 Å². The number of piperazine rings is 1. The second kappa shape index (κ2) is 10.4. The summed E-state index contributed by atoms with van der Waals surface area (Å²) in [6, 6.07) is 0.517. The van der Waals surface area contributed by atoms with Crippen LogP contribution in [-0.2, 0) is 13.0 Å². The van der Waals surface area contributed by atoms with E-state index in [1.54, 1.807) is 11.3 Å². The Hall–Kier alpha value is -0.450. The van der Waals surface area contributed by atoms with E-state index >= 15 is 0 Å². The first kappa shape index (κ1) is 20.6. The molecule has 8 heteroatoms. The highest BCUT2D eigenvalue weighted by molar-refractivity contribution is 14.0. The molecule has 0 amide bonds. The summed E-state index contributed by atoms with van der Waals surface area (Å²) in [5.74, 6) is 0.842. The van der Waals surface area contributed by atoms with E-state index in [1.807, 2.05) is 13.2 Å². The normalized spacial score (nSPS) is 20.2. The second-order valence-corrected chi connectivity index (χ2v) is 6.98. The van der Waals surface area contributed by atoms with E-state index in [0.29, 0.717) is 6.04 Å². The van der Waals surface area contributed by atoms with Crippen LogP contribution >= 0.6 is 35.3 Å². The molecule has 1 aromatic heterocycles. The zero-order chi connectivity index (χ0) is 15.9. The zero-order valence-electron chi connectivity index (χ0n) is 14.5. The first-order valence-corrected chi connectivity index (χ1v) is 8.71. The number of nitrogens with one attached hydrogen (secondary N) is 2. The number of aryl methyl sites for hydroxylation is 1. The fourth-order valence-corrected chi connectivity index (χ4v) is 3.31. The predicted molar refractivity (Wildman–Crippen MR) is 109 cm³/mol. The molecular weight excluding hydrogens is 423 g/mol. The quantitative estimate of drug-likeness (QED) is 0.400. The number of guanidine groups is 1. The highest BCUT2D eigenvalue weighted by atomic mass is 127. The lowest BCUT2D eigenvalue weighted by molar-refractivity contribution is 0.116. The largest absolute Gasteiger partial charge is 0.355 e. The molecule has 0 bridgehead atoms. The van der Waals surface area contributed by atoms with Crippen LogP contribution in [0.25, 0.3) is 0 Å². The van der Waals surface area contributed by atoms with Gasteiger partial charge in [0.2, 0.25) is 0 Å². The van der Waals surface area contributed by atoms with Crippen molar-refractivity contribution in [3.8, 4) is 0 Å². The summed E-state index contributed by atoms with van der Waals surface area (Å²) < 4.78 is 0. The standard InChI is InChI=1S/C15H28N6S.HI/c1-5-13-9-17-14(22-13)10-19-15(16-2)18-8-12-11-20(3)6-7-21(12)4;/h9,12H,5-8,10-11H2,1-4H3,(H2,16,18,19);1H. The summed E-state index contributed by atoms with van der Waals surface area (Å²) in [4.78, 5) is 14.8. The smallest absolute Gasteiger partial charge is 0.191 e. The van der Waals surface area contributed by atoms with Crippen molar-refractivity contribution >= 4 is 41.3 Å². The van der Waals surface area contributed by atoms with Crippen LogP contribution in [0.15, 0.2) is 11.2 Å². The number of likely N-dealkylation sites (N-methyl/N-ethyl adjacent to an activating group) is 2. The number of aromatic nitrogens is 1. The fraction of sp³-hybridized carbons (Fsp3) is 0.733. The van der Waals surface area contributed by atoms with Gasteiger partial charge in [-0.05, 0) is 20.5 Å². The third-order valence-electron chi connectivity index (χ3n) is 4.07. The van der Waals surface area contributed by atoms with Gasteiger partial charge in [-0.25, -0.2) is 4.98 Å². The minimum atomic E-state index is 0. The van der Waals surface area contributed by atoms with Crippen LogP contribution in [0, 0.1) is 0 Å². The number of hydrogen-bond acceptors (Lipinski definition) is 5. The van der Waals surface area contributed by atoms with Gasteiger partial charge in [0.25, 0.3) is 0 Å². The number of aliphatic imine (C=N–C) groups is 1. The molecule has 2 N–H and O–H groups in total. The van der Waals surface area contributed by atoms with Crippen molar-refractivity contribution < 1.29 is 0 Å². The molecule has 1 atom stereocenters. The van der Waals surface area contributed by atoms with Crippen LogP contribution in [0.3, 0.4) is 0 Å². The van der Waals surface area contributed by atoms with Crippen molar-refractivity contribution in [2.45, 2.75) is 25.9 Å². The molecule has 6 nitrogen and oxygen atoms in total. The Morgan fingerprint density at radius 2 is 2.17 bits per heavy atom. The van der Waals surface area contributed by atoms with E-state index in [4.69, 9.17) is 0 Å². The van der Waals surface area contributed by atoms with Gasteiger partial charge >= 0.3 is 0 Å².